The predicted molar refractivity (Wildman–Crippen MR) is 71.1 cm³/mol. The van der Waals surface area contributed by atoms with Gasteiger partial charge in [-0.05, 0) is 43.7 Å². The van der Waals surface area contributed by atoms with Crippen molar-refractivity contribution in [2.24, 2.45) is 5.92 Å². The highest BCUT2D eigenvalue weighted by molar-refractivity contribution is 5.78. The number of carbonyl (C=O) groups excluding carboxylic acids is 1. The molecule has 0 heterocycles. The summed E-state index contributed by atoms with van der Waals surface area (Å²) in [6, 6.07) is 6.62. The minimum Gasteiger partial charge on any atom is -0.393 e. The van der Waals surface area contributed by atoms with Crippen molar-refractivity contribution < 1.29 is 14.3 Å². The van der Waals surface area contributed by atoms with Crippen LogP contribution in [0.25, 0.3) is 0 Å². The van der Waals surface area contributed by atoms with Crippen molar-refractivity contribution in [1.82, 2.24) is 5.32 Å². The number of benzene rings is 1. The molecule has 0 unspecified atom stereocenters. The van der Waals surface area contributed by atoms with E-state index in [0.29, 0.717) is 31.4 Å². The minimum absolute atomic E-state index is 0.00372. The number of hydrogen-bond acceptors (Lipinski definition) is 2. The summed E-state index contributed by atoms with van der Waals surface area (Å²) in [7, 11) is 0. The molecule has 19 heavy (non-hydrogen) atoms. The van der Waals surface area contributed by atoms with Crippen LogP contribution in [0, 0.1) is 11.7 Å². The van der Waals surface area contributed by atoms with Crippen LogP contribution in [-0.4, -0.2) is 23.7 Å². The summed E-state index contributed by atoms with van der Waals surface area (Å²) in [5.74, 6) is -0.190. The summed E-state index contributed by atoms with van der Waals surface area (Å²) in [6.07, 6.45) is 3.15. The van der Waals surface area contributed by atoms with Crippen molar-refractivity contribution in [3.63, 3.8) is 0 Å². The number of halogens is 1. The summed E-state index contributed by atoms with van der Waals surface area (Å²) >= 11 is 0. The van der Waals surface area contributed by atoms with Gasteiger partial charge in [0.25, 0.3) is 0 Å². The van der Waals surface area contributed by atoms with E-state index in [1.165, 1.54) is 6.07 Å². The monoisotopic (exact) mass is 265 g/mol. The quantitative estimate of drug-likeness (QED) is 0.875. The second kappa shape index (κ2) is 6.66. The predicted octanol–water partition coefficient (Wildman–Crippen LogP) is 2.04. The second-order valence-electron chi connectivity index (χ2n) is 5.14. The van der Waals surface area contributed by atoms with Crippen molar-refractivity contribution in [2.45, 2.75) is 38.2 Å². The molecule has 0 saturated heterocycles. The Labute approximate surface area is 112 Å². The highest BCUT2D eigenvalue weighted by Gasteiger charge is 2.24. The van der Waals surface area contributed by atoms with Gasteiger partial charge in [0.05, 0.1) is 6.10 Å². The first-order chi connectivity index (χ1) is 9.16. The Morgan fingerprint density at radius 3 is 2.63 bits per heavy atom. The number of carbonyl (C=O) groups is 1. The van der Waals surface area contributed by atoms with Gasteiger partial charge in [0.1, 0.15) is 5.82 Å². The Balaban J connectivity index is 1.74. The maximum absolute atomic E-state index is 13.4. The Bertz CT molecular complexity index is 428. The van der Waals surface area contributed by atoms with Crippen molar-refractivity contribution in [3.05, 3.63) is 35.6 Å². The Morgan fingerprint density at radius 1 is 1.26 bits per heavy atom. The normalized spacial score (nSPS) is 23.1. The van der Waals surface area contributed by atoms with Crippen LogP contribution in [0.5, 0.6) is 0 Å². The van der Waals surface area contributed by atoms with Crippen LogP contribution in [0.1, 0.15) is 31.2 Å². The average molecular weight is 265 g/mol. The van der Waals surface area contributed by atoms with Crippen LogP contribution >= 0.6 is 0 Å². The highest BCUT2D eigenvalue weighted by atomic mass is 19.1. The van der Waals surface area contributed by atoms with Gasteiger partial charge in [-0.15, -0.1) is 0 Å². The molecule has 4 heteroatoms. The summed E-state index contributed by atoms with van der Waals surface area (Å²) in [6.45, 7) is 0.457. The number of nitrogens with one attached hydrogen (secondary N) is 1. The van der Waals surface area contributed by atoms with Gasteiger partial charge < -0.3 is 10.4 Å². The summed E-state index contributed by atoms with van der Waals surface area (Å²) < 4.78 is 13.4. The van der Waals surface area contributed by atoms with Gasteiger partial charge in [0.2, 0.25) is 5.91 Å². The van der Waals surface area contributed by atoms with Gasteiger partial charge in [0, 0.05) is 12.5 Å². The van der Waals surface area contributed by atoms with E-state index in [-0.39, 0.29) is 23.7 Å². The summed E-state index contributed by atoms with van der Waals surface area (Å²) in [5, 5.41) is 12.2. The second-order valence-corrected chi connectivity index (χ2v) is 5.14. The third-order valence-electron chi connectivity index (χ3n) is 3.72. The van der Waals surface area contributed by atoms with E-state index >= 15 is 0 Å². The van der Waals surface area contributed by atoms with Crippen LogP contribution < -0.4 is 5.32 Å². The first-order valence-corrected chi connectivity index (χ1v) is 6.86. The molecule has 1 aromatic carbocycles. The van der Waals surface area contributed by atoms with E-state index in [4.69, 9.17) is 0 Å². The molecular formula is C15H20FNO2. The Kier molecular flexibility index (Phi) is 4.91. The van der Waals surface area contributed by atoms with Crippen molar-refractivity contribution >= 4 is 5.91 Å². The van der Waals surface area contributed by atoms with E-state index in [0.717, 1.165) is 12.8 Å². The smallest absolute Gasteiger partial charge is 0.223 e. The Hall–Kier alpha value is -1.42. The molecule has 2 rings (SSSR count). The lowest BCUT2D eigenvalue weighted by Gasteiger charge is -2.24. The van der Waals surface area contributed by atoms with E-state index in [9.17, 15) is 14.3 Å². The molecule has 1 aliphatic rings. The minimum atomic E-state index is -0.248. The molecule has 1 aliphatic carbocycles. The standard InChI is InChI=1S/C15H20FNO2/c16-14-4-2-1-3-11(14)9-10-17-15(19)12-5-7-13(18)8-6-12/h1-4,12-13,18H,5-10H2,(H,17,19). The molecule has 1 aromatic rings. The molecule has 1 saturated carbocycles. The number of hydrogen-bond donors (Lipinski definition) is 2. The molecule has 1 amide bonds. The molecule has 0 radical (unpaired) electrons. The zero-order valence-electron chi connectivity index (χ0n) is 10.9. The third kappa shape index (κ3) is 4.03. The lowest BCUT2D eigenvalue weighted by Crippen LogP contribution is -2.35. The molecular weight excluding hydrogens is 245 g/mol. The SMILES string of the molecule is O=C(NCCc1ccccc1F)C1CCC(O)CC1. The van der Waals surface area contributed by atoms with Crippen LogP contribution in [-0.2, 0) is 11.2 Å². The molecule has 0 spiro atoms. The number of amides is 1. The highest BCUT2D eigenvalue weighted by Crippen LogP contribution is 2.24. The summed E-state index contributed by atoms with van der Waals surface area (Å²) in [4.78, 5) is 11.9. The van der Waals surface area contributed by atoms with Crippen LogP contribution in [0.4, 0.5) is 4.39 Å². The first-order valence-electron chi connectivity index (χ1n) is 6.86. The zero-order valence-corrected chi connectivity index (χ0v) is 10.9. The van der Waals surface area contributed by atoms with Gasteiger partial charge in [-0.1, -0.05) is 18.2 Å². The molecule has 0 aromatic heterocycles. The van der Waals surface area contributed by atoms with Crippen LogP contribution in [0.2, 0.25) is 0 Å². The number of rotatable bonds is 4. The maximum Gasteiger partial charge on any atom is 0.223 e. The number of aliphatic hydroxyl groups excluding tert-OH is 1. The van der Waals surface area contributed by atoms with Gasteiger partial charge >= 0.3 is 0 Å². The topological polar surface area (TPSA) is 49.3 Å². The zero-order chi connectivity index (χ0) is 13.7. The molecule has 0 atom stereocenters. The number of aliphatic hydroxyl groups is 1. The van der Waals surface area contributed by atoms with Crippen molar-refractivity contribution in [3.8, 4) is 0 Å². The fourth-order valence-corrected chi connectivity index (χ4v) is 2.50. The molecule has 1 fully saturated rings. The average Bonchev–Trinajstić information content (AvgIpc) is 2.41. The fraction of sp³-hybridized carbons (Fsp3) is 0.533. The van der Waals surface area contributed by atoms with Gasteiger partial charge in [-0.3, -0.25) is 4.79 Å². The molecule has 0 aliphatic heterocycles. The fourth-order valence-electron chi connectivity index (χ4n) is 2.50. The van der Waals surface area contributed by atoms with Crippen molar-refractivity contribution in [2.75, 3.05) is 6.54 Å². The molecule has 3 nitrogen and oxygen atoms in total. The lowest BCUT2D eigenvalue weighted by atomic mass is 9.87. The summed E-state index contributed by atoms with van der Waals surface area (Å²) in [5.41, 5.74) is 0.627. The van der Waals surface area contributed by atoms with Crippen LogP contribution in [0.3, 0.4) is 0 Å². The molecule has 104 valence electrons. The van der Waals surface area contributed by atoms with Gasteiger partial charge in [-0.25, -0.2) is 4.39 Å². The van der Waals surface area contributed by atoms with E-state index < -0.39 is 0 Å². The van der Waals surface area contributed by atoms with Crippen LogP contribution in [0.15, 0.2) is 24.3 Å². The molecule has 2 N–H and O–H groups in total. The van der Waals surface area contributed by atoms with E-state index in [2.05, 4.69) is 5.32 Å². The van der Waals surface area contributed by atoms with Crippen molar-refractivity contribution in [1.29, 1.82) is 0 Å². The Morgan fingerprint density at radius 2 is 1.95 bits per heavy atom. The largest absolute Gasteiger partial charge is 0.393 e. The molecule has 0 bridgehead atoms. The lowest BCUT2D eigenvalue weighted by molar-refractivity contribution is -0.126. The van der Waals surface area contributed by atoms with Gasteiger partial charge in [0.15, 0.2) is 0 Å². The third-order valence-corrected chi connectivity index (χ3v) is 3.72. The van der Waals surface area contributed by atoms with Gasteiger partial charge in [-0.2, -0.15) is 0 Å². The maximum atomic E-state index is 13.4. The van der Waals surface area contributed by atoms with E-state index in [1.54, 1.807) is 18.2 Å². The first kappa shape index (κ1) is 14.0. The van der Waals surface area contributed by atoms with E-state index in [1.807, 2.05) is 0 Å².